The fourth-order valence-electron chi connectivity index (χ4n) is 1.77. The van der Waals surface area contributed by atoms with Gasteiger partial charge in [0.05, 0.1) is 18.4 Å². The first-order chi connectivity index (χ1) is 9.69. The highest BCUT2D eigenvalue weighted by Crippen LogP contribution is 2.31. The van der Waals surface area contributed by atoms with Crippen LogP contribution in [0.3, 0.4) is 0 Å². The zero-order valence-electron chi connectivity index (χ0n) is 10.7. The van der Waals surface area contributed by atoms with E-state index in [-0.39, 0.29) is 5.89 Å². The monoisotopic (exact) mass is 291 g/mol. The second kappa shape index (κ2) is 4.93. The number of benzene rings is 1. The second-order valence-electron chi connectivity index (χ2n) is 4.03. The van der Waals surface area contributed by atoms with Gasteiger partial charge in [-0.3, -0.25) is 0 Å². The summed E-state index contributed by atoms with van der Waals surface area (Å²) in [5.41, 5.74) is 1.85. The molecule has 1 aromatic carbocycles. The summed E-state index contributed by atoms with van der Waals surface area (Å²) < 4.78 is 10.5. The molecule has 3 rings (SSSR count). The largest absolute Gasteiger partial charge is 0.496 e. The summed E-state index contributed by atoms with van der Waals surface area (Å²) in [7, 11) is 1.56. The molecule has 8 heteroatoms. The third kappa shape index (κ3) is 2.12. The van der Waals surface area contributed by atoms with Crippen LogP contribution in [0.1, 0.15) is 5.69 Å². The normalized spacial score (nSPS) is 10.8. The summed E-state index contributed by atoms with van der Waals surface area (Å²) in [4.78, 5) is 4.29. The zero-order valence-corrected chi connectivity index (χ0v) is 11.5. The third-order valence-electron chi connectivity index (χ3n) is 2.75. The van der Waals surface area contributed by atoms with Crippen LogP contribution in [-0.4, -0.2) is 32.7 Å². The first-order valence-electron chi connectivity index (χ1n) is 5.74. The molecule has 0 aliphatic heterocycles. The molecule has 2 aromatic heterocycles. The standard InChI is InChI=1S/C12H10ClN5O2/c1-6-10(16-18-15-6)12-14-11(17-20-12)8-5-7(13)3-4-9(8)19-2/h3-5H,1-2H3,(H,15,16,18). The van der Waals surface area contributed by atoms with Crippen LogP contribution < -0.4 is 4.74 Å². The molecule has 0 spiro atoms. The van der Waals surface area contributed by atoms with E-state index in [1.54, 1.807) is 32.2 Å². The molecule has 2 heterocycles. The van der Waals surface area contributed by atoms with Gasteiger partial charge in [-0.05, 0) is 25.1 Å². The number of ether oxygens (including phenoxy) is 1. The maximum atomic E-state index is 5.99. The molecule has 102 valence electrons. The Bertz CT molecular complexity index is 752. The van der Waals surface area contributed by atoms with E-state index in [0.717, 1.165) is 0 Å². The van der Waals surface area contributed by atoms with Gasteiger partial charge in [-0.25, -0.2) is 0 Å². The van der Waals surface area contributed by atoms with E-state index in [4.69, 9.17) is 20.9 Å². The van der Waals surface area contributed by atoms with E-state index < -0.39 is 0 Å². The van der Waals surface area contributed by atoms with Crippen molar-refractivity contribution in [2.45, 2.75) is 6.92 Å². The van der Waals surface area contributed by atoms with Crippen molar-refractivity contribution in [3.63, 3.8) is 0 Å². The minimum Gasteiger partial charge on any atom is -0.496 e. The number of rotatable bonds is 3. The number of aromatic amines is 1. The molecule has 0 amide bonds. The van der Waals surface area contributed by atoms with Crippen molar-refractivity contribution in [2.75, 3.05) is 7.11 Å². The minimum atomic E-state index is 0.285. The fourth-order valence-corrected chi connectivity index (χ4v) is 1.94. The molecule has 0 radical (unpaired) electrons. The third-order valence-corrected chi connectivity index (χ3v) is 2.99. The lowest BCUT2D eigenvalue weighted by molar-refractivity contribution is 0.413. The van der Waals surface area contributed by atoms with Crippen LogP contribution >= 0.6 is 11.6 Å². The van der Waals surface area contributed by atoms with Crippen molar-refractivity contribution in [3.05, 3.63) is 28.9 Å². The van der Waals surface area contributed by atoms with Gasteiger partial charge >= 0.3 is 0 Å². The summed E-state index contributed by atoms with van der Waals surface area (Å²) in [6, 6.07) is 5.19. The molecule has 0 atom stereocenters. The Morgan fingerprint density at radius 1 is 1.30 bits per heavy atom. The van der Waals surface area contributed by atoms with Crippen molar-refractivity contribution in [1.82, 2.24) is 25.6 Å². The molecule has 20 heavy (non-hydrogen) atoms. The first-order valence-corrected chi connectivity index (χ1v) is 6.12. The number of hydrogen-bond donors (Lipinski definition) is 1. The predicted molar refractivity (Wildman–Crippen MR) is 71.4 cm³/mol. The Morgan fingerprint density at radius 3 is 2.85 bits per heavy atom. The highest BCUT2D eigenvalue weighted by molar-refractivity contribution is 6.30. The maximum Gasteiger partial charge on any atom is 0.280 e. The first kappa shape index (κ1) is 12.6. The Hall–Kier alpha value is -2.41. The summed E-state index contributed by atoms with van der Waals surface area (Å²) in [6.07, 6.45) is 0. The van der Waals surface area contributed by atoms with Gasteiger partial charge in [0.2, 0.25) is 5.82 Å². The van der Waals surface area contributed by atoms with Crippen LogP contribution in [0.15, 0.2) is 22.7 Å². The molecule has 0 bridgehead atoms. The van der Waals surface area contributed by atoms with Crippen LogP contribution in [0.2, 0.25) is 5.02 Å². The van der Waals surface area contributed by atoms with Gasteiger partial charge in [-0.2, -0.15) is 20.4 Å². The molecule has 3 aromatic rings. The number of H-pyrrole nitrogens is 1. The minimum absolute atomic E-state index is 0.285. The number of methoxy groups -OCH3 is 1. The smallest absolute Gasteiger partial charge is 0.280 e. The summed E-state index contributed by atoms with van der Waals surface area (Å²) in [5, 5.41) is 14.9. The number of hydrogen-bond acceptors (Lipinski definition) is 6. The molecular formula is C12H10ClN5O2. The van der Waals surface area contributed by atoms with E-state index in [9.17, 15) is 0 Å². The Labute approximate surface area is 118 Å². The van der Waals surface area contributed by atoms with E-state index in [1.807, 2.05) is 0 Å². The number of nitrogens with zero attached hydrogens (tertiary/aromatic N) is 4. The summed E-state index contributed by atoms with van der Waals surface area (Å²) >= 11 is 5.99. The van der Waals surface area contributed by atoms with Crippen LogP contribution in [-0.2, 0) is 0 Å². The highest BCUT2D eigenvalue weighted by atomic mass is 35.5. The van der Waals surface area contributed by atoms with Crippen LogP contribution in [0, 0.1) is 6.92 Å². The van der Waals surface area contributed by atoms with Gasteiger partial charge in [0.15, 0.2) is 5.69 Å². The molecule has 0 unspecified atom stereocenters. The summed E-state index contributed by atoms with van der Waals surface area (Å²) in [5.74, 6) is 1.27. The molecular weight excluding hydrogens is 282 g/mol. The molecule has 0 aliphatic rings. The number of halogens is 1. The van der Waals surface area contributed by atoms with Crippen LogP contribution in [0.25, 0.3) is 23.0 Å². The molecule has 7 nitrogen and oxygen atoms in total. The van der Waals surface area contributed by atoms with Gasteiger partial charge in [0, 0.05) is 5.02 Å². The maximum absolute atomic E-state index is 5.99. The van der Waals surface area contributed by atoms with Crippen molar-refractivity contribution in [3.8, 4) is 28.7 Å². The average molecular weight is 292 g/mol. The van der Waals surface area contributed by atoms with Gasteiger partial charge < -0.3 is 9.26 Å². The molecule has 0 saturated carbocycles. The van der Waals surface area contributed by atoms with Crippen molar-refractivity contribution < 1.29 is 9.26 Å². The Balaban J connectivity index is 2.07. The van der Waals surface area contributed by atoms with E-state index in [2.05, 4.69) is 25.6 Å². The Kier molecular flexibility index (Phi) is 3.11. The zero-order chi connectivity index (χ0) is 14.1. The molecule has 0 saturated heterocycles. The lowest BCUT2D eigenvalue weighted by atomic mass is 10.2. The lowest BCUT2D eigenvalue weighted by Gasteiger charge is -2.04. The highest BCUT2D eigenvalue weighted by Gasteiger charge is 2.18. The average Bonchev–Trinajstić information content (AvgIpc) is 3.07. The van der Waals surface area contributed by atoms with Crippen molar-refractivity contribution in [1.29, 1.82) is 0 Å². The Morgan fingerprint density at radius 2 is 2.15 bits per heavy atom. The van der Waals surface area contributed by atoms with Crippen molar-refractivity contribution in [2.24, 2.45) is 0 Å². The quantitative estimate of drug-likeness (QED) is 0.797. The van der Waals surface area contributed by atoms with Gasteiger partial charge in [-0.15, -0.1) is 0 Å². The fraction of sp³-hybridized carbons (Fsp3) is 0.167. The van der Waals surface area contributed by atoms with Gasteiger partial charge in [-0.1, -0.05) is 16.8 Å². The van der Waals surface area contributed by atoms with Gasteiger partial charge in [0.1, 0.15) is 5.75 Å². The van der Waals surface area contributed by atoms with E-state index >= 15 is 0 Å². The van der Waals surface area contributed by atoms with E-state index in [0.29, 0.717) is 33.5 Å². The second-order valence-corrected chi connectivity index (χ2v) is 4.46. The van der Waals surface area contributed by atoms with Crippen LogP contribution in [0.4, 0.5) is 0 Å². The van der Waals surface area contributed by atoms with Gasteiger partial charge in [0.25, 0.3) is 5.89 Å². The predicted octanol–water partition coefficient (Wildman–Crippen LogP) is 2.49. The lowest BCUT2D eigenvalue weighted by Crippen LogP contribution is -1.89. The van der Waals surface area contributed by atoms with E-state index in [1.165, 1.54) is 0 Å². The van der Waals surface area contributed by atoms with Crippen LogP contribution in [0.5, 0.6) is 5.75 Å². The number of nitrogens with one attached hydrogen (secondary N) is 1. The topological polar surface area (TPSA) is 89.7 Å². The molecule has 0 aliphatic carbocycles. The SMILES string of the molecule is COc1ccc(Cl)cc1-c1noc(-c2n[nH]nc2C)n1. The molecule has 1 N–H and O–H groups in total. The molecule has 0 fully saturated rings. The number of aryl methyl sites for hydroxylation is 1. The number of aromatic nitrogens is 5. The van der Waals surface area contributed by atoms with Crippen molar-refractivity contribution >= 4 is 11.6 Å². The summed E-state index contributed by atoms with van der Waals surface area (Å²) in [6.45, 7) is 1.79.